The van der Waals surface area contributed by atoms with Gasteiger partial charge in [0.1, 0.15) is 0 Å². The third-order valence-electron chi connectivity index (χ3n) is 5.27. The predicted molar refractivity (Wildman–Crippen MR) is 118 cm³/mol. The number of amides is 1. The number of rotatable bonds is 5. The topological polar surface area (TPSA) is 107 Å². The summed E-state index contributed by atoms with van der Waals surface area (Å²) in [5.74, 6) is -0.169. The number of carbonyl (C=O) groups excluding carboxylic acids is 1. The predicted octanol–water partition coefficient (Wildman–Crippen LogP) is 3.48. The number of nitrogens with one attached hydrogen (secondary N) is 1. The van der Waals surface area contributed by atoms with Crippen molar-refractivity contribution in [2.45, 2.75) is 16.3 Å². The van der Waals surface area contributed by atoms with Crippen LogP contribution in [0, 0.1) is 0 Å². The quantitative estimate of drug-likeness (QED) is 0.443. The van der Waals surface area contributed by atoms with E-state index >= 15 is 0 Å². The Morgan fingerprint density at radius 3 is 2.69 bits per heavy atom. The molecule has 3 aromatic heterocycles. The van der Waals surface area contributed by atoms with Crippen LogP contribution in [0.15, 0.2) is 87.4 Å². The van der Waals surface area contributed by atoms with Crippen molar-refractivity contribution in [2.24, 2.45) is 7.05 Å². The molecule has 0 spiro atoms. The summed E-state index contributed by atoms with van der Waals surface area (Å²) in [6.45, 7) is 0.229. The van der Waals surface area contributed by atoms with Crippen molar-refractivity contribution in [3.8, 4) is 0 Å². The fourth-order valence-electron chi connectivity index (χ4n) is 3.56. The molecule has 0 fully saturated rings. The Bertz CT molecular complexity index is 1530. The molecule has 0 saturated heterocycles. The lowest BCUT2D eigenvalue weighted by Crippen LogP contribution is -2.22. The summed E-state index contributed by atoms with van der Waals surface area (Å²) in [7, 11) is -1.95. The fraction of sp³-hybridized carbons (Fsp3) is 0.0870. The molecule has 0 saturated carbocycles. The van der Waals surface area contributed by atoms with Gasteiger partial charge in [-0.2, -0.15) is 5.10 Å². The molecule has 0 aliphatic heterocycles. The minimum Gasteiger partial charge on any atom is -0.449 e. The van der Waals surface area contributed by atoms with Gasteiger partial charge in [0, 0.05) is 30.6 Å². The van der Waals surface area contributed by atoms with Crippen LogP contribution in [0.3, 0.4) is 0 Å². The molecule has 0 bridgehead atoms. The van der Waals surface area contributed by atoms with Gasteiger partial charge in [0.05, 0.1) is 27.7 Å². The molecule has 160 valence electrons. The minimum atomic E-state index is -3.72. The highest BCUT2D eigenvalue weighted by Gasteiger charge is 2.21. The summed E-state index contributed by atoms with van der Waals surface area (Å²) in [6.07, 6.45) is 4.74. The minimum absolute atomic E-state index is 0.175. The van der Waals surface area contributed by atoms with Crippen molar-refractivity contribution in [1.29, 1.82) is 0 Å². The van der Waals surface area contributed by atoms with E-state index in [1.807, 2.05) is 6.07 Å². The lowest BCUT2D eigenvalue weighted by Gasteiger charge is -2.08. The van der Waals surface area contributed by atoms with Crippen LogP contribution < -0.4 is 5.32 Å². The summed E-state index contributed by atoms with van der Waals surface area (Å²) in [6, 6.07) is 15.0. The highest BCUT2D eigenvalue weighted by Crippen LogP contribution is 2.28. The third kappa shape index (κ3) is 3.42. The van der Waals surface area contributed by atoms with Crippen molar-refractivity contribution < 1.29 is 17.6 Å². The van der Waals surface area contributed by atoms with Crippen LogP contribution in [-0.2, 0) is 23.4 Å². The molecule has 0 aliphatic carbocycles. The number of aryl methyl sites for hydroxylation is 1. The number of fused-ring (bicyclic) bond motifs is 2. The fourth-order valence-corrected chi connectivity index (χ4v) is 5.02. The van der Waals surface area contributed by atoms with E-state index in [2.05, 4.69) is 15.4 Å². The van der Waals surface area contributed by atoms with Crippen LogP contribution in [0.1, 0.15) is 16.1 Å². The molecule has 0 unspecified atom stereocenters. The number of sulfone groups is 1. The first-order valence-electron chi connectivity index (χ1n) is 9.80. The molecular weight excluding hydrogens is 428 g/mol. The van der Waals surface area contributed by atoms with Crippen LogP contribution in [0.2, 0.25) is 0 Å². The Kier molecular flexibility index (Phi) is 4.75. The Hall–Kier alpha value is -3.98. The van der Waals surface area contributed by atoms with Gasteiger partial charge < -0.3 is 9.73 Å². The highest BCUT2D eigenvalue weighted by molar-refractivity contribution is 7.91. The van der Waals surface area contributed by atoms with Gasteiger partial charge >= 0.3 is 0 Å². The average molecular weight is 446 g/mol. The van der Waals surface area contributed by atoms with Crippen molar-refractivity contribution in [2.75, 3.05) is 0 Å². The lowest BCUT2D eigenvalue weighted by atomic mass is 10.2. The van der Waals surface area contributed by atoms with Gasteiger partial charge in [0.2, 0.25) is 9.84 Å². The standard InChI is InChI=1S/C23H18N4O4S/c1-27-19-3-2-4-22(18(19)13-26-27)32(29,30)17-7-5-15(6-8-17)12-25-23(28)20-11-16-9-10-24-14-21(16)31-20/h2-11,13-14H,12H2,1H3,(H,25,28). The number of furan rings is 1. The van der Waals surface area contributed by atoms with Crippen molar-refractivity contribution in [3.05, 3.63) is 84.5 Å². The molecule has 32 heavy (non-hydrogen) atoms. The first kappa shape index (κ1) is 20.0. The molecule has 0 aliphatic rings. The first-order chi connectivity index (χ1) is 15.4. The molecule has 8 nitrogen and oxygen atoms in total. The van der Waals surface area contributed by atoms with Crippen molar-refractivity contribution >= 4 is 37.6 Å². The maximum atomic E-state index is 13.2. The van der Waals surface area contributed by atoms with Crippen LogP contribution in [-0.4, -0.2) is 29.1 Å². The van der Waals surface area contributed by atoms with Crippen LogP contribution in [0.5, 0.6) is 0 Å². The van der Waals surface area contributed by atoms with Crippen LogP contribution >= 0.6 is 0 Å². The van der Waals surface area contributed by atoms with E-state index in [0.29, 0.717) is 11.0 Å². The summed E-state index contributed by atoms with van der Waals surface area (Å²) >= 11 is 0. The SMILES string of the molecule is Cn1ncc2c(S(=O)(=O)c3ccc(CNC(=O)c4cc5ccncc5o4)cc3)cccc21. The monoisotopic (exact) mass is 446 g/mol. The zero-order valence-corrected chi connectivity index (χ0v) is 17.8. The van der Waals surface area contributed by atoms with Crippen LogP contribution in [0.25, 0.3) is 21.9 Å². The Balaban J connectivity index is 1.34. The van der Waals surface area contributed by atoms with E-state index in [1.165, 1.54) is 0 Å². The molecule has 1 amide bonds. The number of nitrogens with zero attached hydrogens (tertiary/aromatic N) is 3. The number of aromatic nitrogens is 3. The molecule has 3 heterocycles. The third-order valence-corrected chi connectivity index (χ3v) is 7.10. The van der Waals surface area contributed by atoms with E-state index in [-0.39, 0.29) is 28.0 Å². The number of benzene rings is 2. The highest BCUT2D eigenvalue weighted by atomic mass is 32.2. The normalized spacial score (nSPS) is 11.8. The van der Waals surface area contributed by atoms with Gasteiger partial charge in [-0.3, -0.25) is 14.5 Å². The van der Waals surface area contributed by atoms with Gasteiger partial charge in [0.15, 0.2) is 11.3 Å². The van der Waals surface area contributed by atoms with E-state index < -0.39 is 9.84 Å². The second kappa shape index (κ2) is 7.61. The van der Waals surface area contributed by atoms with Crippen molar-refractivity contribution in [1.82, 2.24) is 20.1 Å². The summed E-state index contributed by atoms with van der Waals surface area (Å²) in [5.41, 5.74) is 2.04. The summed E-state index contributed by atoms with van der Waals surface area (Å²) in [5, 5.41) is 8.31. The Morgan fingerprint density at radius 1 is 1.09 bits per heavy atom. The zero-order chi connectivity index (χ0) is 22.3. The largest absolute Gasteiger partial charge is 0.449 e. The van der Waals surface area contributed by atoms with Crippen molar-refractivity contribution in [3.63, 3.8) is 0 Å². The first-order valence-corrected chi connectivity index (χ1v) is 11.3. The van der Waals surface area contributed by atoms with E-state index in [1.54, 1.807) is 78.9 Å². The Labute approximate surface area is 183 Å². The van der Waals surface area contributed by atoms with Gasteiger partial charge in [-0.1, -0.05) is 18.2 Å². The second-order valence-corrected chi connectivity index (χ2v) is 9.23. The number of carbonyl (C=O) groups is 1. The van der Waals surface area contributed by atoms with E-state index in [0.717, 1.165) is 16.5 Å². The van der Waals surface area contributed by atoms with Gasteiger partial charge in [-0.25, -0.2) is 8.42 Å². The summed E-state index contributed by atoms with van der Waals surface area (Å²) in [4.78, 5) is 16.8. The zero-order valence-electron chi connectivity index (χ0n) is 17.0. The smallest absolute Gasteiger partial charge is 0.287 e. The van der Waals surface area contributed by atoms with Gasteiger partial charge in [-0.15, -0.1) is 0 Å². The average Bonchev–Trinajstić information content (AvgIpc) is 3.41. The molecule has 1 N–H and O–H groups in total. The molecule has 5 rings (SSSR count). The summed E-state index contributed by atoms with van der Waals surface area (Å²) < 4.78 is 33.5. The maximum Gasteiger partial charge on any atom is 0.287 e. The van der Waals surface area contributed by atoms with E-state index in [4.69, 9.17) is 4.42 Å². The number of pyridine rings is 1. The molecule has 0 atom stereocenters. The lowest BCUT2D eigenvalue weighted by molar-refractivity contribution is 0.0925. The molecular formula is C23H18N4O4S. The number of hydrogen-bond acceptors (Lipinski definition) is 6. The Morgan fingerprint density at radius 2 is 1.91 bits per heavy atom. The van der Waals surface area contributed by atoms with Gasteiger partial charge in [0.25, 0.3) is 5.91 Å². The molecule has 0 radical (unpaired) electrons. The maximum absolute atomic E-state index is 13.2. The van der Waals surface area contributed by atoms with Gasteiger partial charge in [-0.05, 0) is 42.0 Å². The second-order valence-electron chi connectivity index (χ2n) is 7.31. The molecule has 2 aromatic carbocycles. The number of hydrogen-bond donors (Lipinski definition) is 1. The van der Waals surface area contributed by atoms with Crippen LogP contribution in [0.4, 0.5) is 0 Å². The molecule has 9 heteroatoms. The molecule has 5 aromatic rings. The van der Waals surface area contributed by atoms with E-state index in [9.17, 15) is 13.2 Å².